The van der Waals surface area contributed by atoms with Gasteiger partial charge in [-0.05, 0) is 23.0 Å². The van der Waals surface area contributed by atoms with Crippen molar-refractivity contribution in [2.45, 2.75) is 23.3 Å². The van der Waals surface area contributed by atoms with Crippen molar-refractivity contribution in [2.75, 3.05) is 16.8 Å². The second-order valence-electron chi connectivity index (χ2n) is 7.62. The van der Waals surface area contributed by atoms with Gasteiger partial charge in [0, 0.05) is 23.1 Å². The standard InChI is InChI=1S/C19H19NO2S2/c1-17(2)12-7-8-18(23-9-10-24-18)15(21)14(12)19(17)11-5-3-4-6-13(11)20-16(19)22/h3-8,12,14H,9-10H2,1-2H3,(H,20,22)/t12-,14-,19+/m0/s1. The lowest BCUT2D eigenvalue weighted by Gasteiger charge is -2.65. The van der Waals surface area contributed by atoms with Gasteiger partial charge < -0.3 is 5.32 Å². The Hall–Kier alpha value is -1.20. The first kappa shape index (κ1) is 15.1. The molecule has 2 aliphatic carbocycles. The van der Waals surface area contributed by atoms with Crippen LogP contribution in [-0.4, -0.2) is 27.3 Å². The van der Waals surface area contributed by atoms with Crippen LogP contribution in [0.25, 0.3) is 0 Å². The van der Waals surface area contributed by atoms with Crippen LogP contribution >= 0.6 is 23.5 Å². The Kier molecular flexibility index (Phi) is 2.83. The fourth-order valence-electron chi connectivity index (χ4n) is 5.39. The molecule has 124 valence electrons. The normalized spacial score (nSPS) is 37.2. The molecule has 3 atom stereocenters. The van der Waals surface area contributed by atoms with Crippen molar-refractivity contribution in [3.8, 4) is 0 Å². The molecule has 4 aliphatic rings. The van der Waals surface area contributed by atoms with E-state index in [0.29, 0.717) is 0 Å². The molecule has 2 aliphatic heterocycles. The summed E-state index contributed by atoms with van der Waals surface area (Å²) in [4.78, 5) is 26.7. The summed E-state index contributed by atoms with van der Waals surface area (Å²) in [5, 5.41) is 3.05. The number of amides is 1. The van der Waals surface area contributed by atoms with E-state index in [0.717, 1.165) is 22.8 Å². The summed E-state index contributed by atoms with van der Waals surface area (Å²) in [5.41, 5.74) is 0.883. The van der Waals surface area contributed by atoms with Gasteiger partial charge in [0.1, 0.15) is 4.08 Å². The van der Waals surface area contributed by atoms with Gasteiger partial charge in [0.05, 0.1) is 5.41 Å². The monoisotopic (exact) mass is 357 g/mol. The van der Waals surface area contributed by atoms with Gasteiger partial charge in [0.25, 0.3) is 0 Å². The summed E-state index contributed by atoms with van der Waals surface area (Å²) in [6.45, 7) is 4.28. The first-order valence-corrected chi connectivity index (χ1v) is 10.3. The molecule has 2 fully saturated rings. The zero-order valence-electron chi connectivity index (χ0n) is 13.7. The third kappa shape index (κ3) is 1.42. The van der Waals surface area contributed by atoms with Gasteiger partial charge in [-0.2, -0.15) is 0 Å². The fraction of sp³-hybridized carbons (Fsp3) is 0.474. The molecule has 0 radical (unpaired) electrons. The van der Waals surface area contributed by atoms with E-state index in [9.17, 15) is 9.59 Å². The van der Waals surface area contributed by atoms with Crippen molar-refractivity contribution >= 4 is 40.9 Å². The van der Waals surface area contributed by atoms with E-state index in [-0.39, 0.29) is 28.9 Å². The number of rotatable bonds is 0. The van der Waals surface area contributed by atoms with Gasteiger partial charge in [-0.15, -0.1) is 23.5 Å². The van der Waals surface area contributed by atoms with Gasteiger partial charge in [0.15, 0.2) is 5.78 Å². The van der Waals surface area contributed by atoms with Gasteiger partial charge in [0.2, 0.25) is 5.91 Å². The molecule has 5 rings (SSSR count). The summed E-state index contributed by atoms with van der Waals surface area (Å²) in [7, 11) is 0. The molecule has 1 saturated heterocycles. The molecule has 0 bridgehead atoms. The number of hydrogen-bond acceptors (Lipinski definition) is 4. The van der Waals surface area contributed by atoms with Crippen LogP contribution in [0.5, 0.6) is 0 Å². The minimum absolute atomic E-state index is 0.00162. The number of Topliss-reactive ketones (excluding diaryl/α,β-unsaturated/α-hetero) is 1. The largest absolute Gasteiger partial charge is 0.325 e. The highest BCUT2D eigenvalue weighted by molar-refractivity contribution is 8.22. The summed E-state index contributed by atoms with van der Waals surface area (Å²) >= 11 is 3.47. The molecule has 1 saturated carbocycles. The van der Waals surface area contributed by atoms with E-state index < -0.39 is 9.49 Å². The maximum absolute atomic E-state index is 13.5. The Morgan fingerprint density at radius 2 is 1.83 bits per heavy atom. The Morgan fingerprint density at radius 3 is 2.58 bits per heavy atom. The minimum atomic E-state index is -0.729. The summed E-state index contributed by atoms with van der Waals surface area (Å²) in [6.07, 6.45) is 4.34. The quantitative estimate of drug-likeness (QED) is 0.722. The number of nitrogens with one attached hydrogen (secondary N) is 1. The van der Waals surface area contributed by atoms with Gasteiger partial charge in [-0.25, -0.2) is 0 Å². The smallest absolute Gasteiger partial charge is 0.236 e. The zero-order valence-corrected chi connectivity index (χ0v) is 15.3. The predicted octanol–water partition coefficient (Wildman–Crippen LogP) is 3.46. The average molecular weight is 358 g/mol. The molecule has 1 aromatic rings. The van der Waals surface area contributed by atoms with Crippen molar-refractivity contribution in [1.82, 2.24) is 0 Å². The number of fused-ring (bicyclic) bond motifs is 4. The van der Waals surface area contributed by atoms with Gasteiger partial charge >= 0.3 is 0 Å². The molecule has 1 amide bonds. The lowest BCUT2D eigenvalue weighted by molar-refractivity contribution is -0.165. The molecule has 1 N–H and O–H groups in total. The maximum atomic E-state index is 13.5. The molecule has 1 aromatic carbocycles. The number of thioether (sulfide) groups is 2. The van der Waals surface area contributed by atoms with Crippen molar-refractivity contribution in [1.29, 1.82) is 0 Å². The molecule has 24 heavy (non-hydrogen) atoms. The summed E-state index contributed by atoms with van der Waals surface area (Å²) in [6, 6.07) is 7.89. The topological polar surface area (TPSA) is 46.2 Å². The second kappa shape index (κ2) is 4.50. The van der Waals surface area contributed by atoms with Crippen molar-refractivity contribution in [3.05, 3.63) is 42.0 Å². The number of allylic oxidation sites excluding steroid dienone is 1. The Labute approximate surface area is 150 Å². The van der Waals surface area contributed by atoms with Gasteiger partial charge in [-0.1, -0.05) is 44.2 Å². The van der Waals surface area contributed by atoms with E-state index in [4.69, 9.17) is 0 Å². The summed E-state index contributed by atoms with van der Waals surface area (Å²) in [5.74, 6) is 2.12. The van der Waals surface area contributed by atoms with Crippen molar-refractivity contribution in [2.24, 2.45) is 17.3 Å². The molecular formula is C19H19NO2S2. The SMILES string of the molecule is CC1(C)[C@H]2C=CC3(SCCS3)C(=O)[C@H]2[C@]12C(=O)Nc1ccccc12. The molecule has 2 spiro atoms. The number of ketones is 1. The number of anilines is 1. The molecular weight excluding hydrogens is 338 g/mol. The van der Waals surface area contributed by atoms with E-state index in [1.807, 2.05) is 24.3 Å². The lowest BCUT2D eigenvalue weighted by atomic mass is 9.36. The fourth-order valence-corrected chi connectivity index (χ4v) is 8.38. The van der Waals surface area contributed by atoms with Crippen LogP contribution in [0.3, 0.4) is 0 Å². The Bertz CT molecular complexity index is 809. The summed E-state index contributed by atoms with van der Waals surface area (Å²) < 4.78 is -0.470. The van der Waals surface area contributed by atoms with Crippen LogP contribution < -0.4 is 5.32 Å². The Balaban J connectivity index is 1.72. The van der Waals surface area contributed by atoms with Crippen LogP contribution in [0.2, 0.25) is 0 Å². The number of carbonyl (C=O) groups is 2. The van der Waals surface area contributed by atoms with E-state index in [1.165, 1.54) is 0 Å². The van der Waals surface area contributed by atoms with E-state index in [2.05, 4.69) is 31.3 Å². The van der Waals surface area contributed by atoms with Gasteiger partial charge in [-0.3, -0.25) is 9.59 Å². The first-order valence-electron chi connectivity index (χ1n) is 8.38. The van der Waals surface area contributed by atoms with E-state index >= 15 is 0 Å². The van der Waals surface area contributed by atoms with Crippen molar-refractivity contribution < 1.29 is 9.59 Å². The molecule has 0 unspecified atom stereocenters. The lowest BCUT2D eigenvalue weighted by Crippen LogP contribution is -2.73. The van der Waals surface area contributed by atoms with E-state index in [1.54, 1.807) is 23.5 Å². The first-order chi connectivity index (χ1) is 11.4. The van der Waals surface area contributed by atoms with Crippen molar-refractivity contribution in [3.63, 3.8) is 0 Å². The molecule has 0 aromatic heterocycles. The average Bonchev–Trinajstić information content (AvgIpc) is 3.14. The third-order valence-corrected chi connectivity index (χ3v) is 9.81. The zero-order chi connectivity index (χ0) is 16.7. The number of para-hydroxylation sites is 1. The maximum Gasteiger partial charge on any atom is 0.236 e. The van der Waals surface area contributed by atoms with Crippen LogP contribution in [0.4, 0.5) is 5.69 Å². The number of carbonyl (C=O) groups excluding carboxylic acids is 2. The van der Waals surface area contributed by atoms with Crippen LogP contribution in [0, 0.1) is 17.3 Å². The highest BCUT2D eigenvalue weighted by Crippen LogP contribution is 2.72. The second-order valence-corrected chi connectivity index (χ2v) is 10.6. The Morgan fingerprint density at radius 1 is 1.12 bits per heavy atom. The third-order valence-electron chi connectivity index (χ3n) is 6.50. The highest BCUT2D eigenvalue weighted by atomic mass is 32.2. The molecule has 5 heteroatoms. The van der Waals surface area contributed by atoms with Crippen LogP contribution in [-0.2, 0) is 15.0 Å². The van der Waals surface area contributed by atoms with Crippen LogP contribution in [0.15, 0.2) is 36.4 Å². The minimum Gasteiger partial charge on any atom is -0.325 e. The molecule has 2 heterocycles. The number of hydrogen-bond donors (Lipinski definition) is 1. The number of benzene rings is 1. The van der Waals surface area contributed by atoms with Crippen LogP contribution in [0.1, 0.15) is 19.4 Å². The predicted molar refractivity (Wildman–Crippen MR) is 99.3 cm³/mol. The molecule has 3 nitrogen and oxygen atoms in total. The highest BCUT2D eigenvalue weighted by Gasteiger charge is 2.77.